The Morgan fingerprint density at radius 2 is 1.90 bits per heavy atom. The van der Waals surface area contributed by atoms with Gasteiger partial charge in [0.05, 0.1) is 0 Å². The van der Waals surface area contributed by atoms with Crippen LogP contribution in [0.2, 0.25) is 0 Å². The molecule has 0 radical (unpaired) electrons. The lowest BCUT2D eigenvalue weighted by molar-refractivity contribution is 0.0851. The molecule has 0 saturated heterocycles. The number of rotatable bonds is 4. The van der Waals surface area contributed by atoms with Crippen LogP contribution in [0.5, 0.6) is 0 Å². The molecule has 0 heterocycles. The zero-order valence-corrected chi connectivity index (χ0v) is 12.3. The van der Waals surface area contributed by atoms with Gasteiger partial charge < -0.3 is 5.32 Å². The summed E-state index contributed by atoms with van der Waals surface area (Å²) >= 11 is 0. The number of carbonyl (C=O) groups is 1. The van der Waals surface area contributed by atoms with Gasteiger partial charge >= 0.3 is 0 Å². The van der Waals surface area contributed by atoms with Gasteiger partial charge in [-0.3, -0.25) is 4.79 Å². The van der Waals surface area contributed by atoms with Crippen LogP contribution < -0.4 is 5.32 Å². The Bertz CT molecular complexity index is 670. The highest BCUT2D eigenvalue weighted by atomic mass is 19.1. The standard InChI is InChI=1S/C18H20FNO/c1-2-18(10-5-11-18)12-20-17(21)15-8-9-16(19)14-7-4-3-6-13(14)15/h3-4,6-9H,2,5,10-12H2,1H3,(H,20,21). The second kappa shape index (κ2) is 5.47. The molecule has 1 N–H and O–H groups in total. The van der Waals surface area contributed by atoms with Crippen molar-refractivity contribution in [1.29, 1.82) is 0 Å². The Hall–Kier alpha value is -1.90. The van der Waals surface area contributed by atoms with Crippen molar-refractivity contribution in [3.63, 3.8) is 0 Å². The van der Waals surface area contributed by atoms with E-state index in [2.05, 4.69) is 12.2 Å². The van der Waals surface area contributed by atoms with E-state index in [0.29, 0.717) is 22.9 Å². The fourth-order valence-corrected chi connectivity index (χ4v) is 3.16. The minimum atomic E-state index is -0.286. The van der Waals surface area contributed by atoms with Crippen molar-refractivity contribution in [3.8, 4) is 0 Å². The number of halogens is 1. The lowest BCUT2D eigenvalue weighted by Crippen LogP contribution is -2.41. The first-order chi connectivity index (χ1) is 10.2. The van der Waals surface area contributed by atoms with Crippen LogP contribution in [-0.2, 0) is 0 Å². The molecule has 0 unspecified atom stereocenters. The summed E-state index contributed by atoms with van der Waals surface area (Å²) in [4.78, 5) is 12.4. The van der Waals surface area contributed by atoms with Crippen LogP contribution in [-0.4, -0.2) is 12.5 Å². The summed E-state index contributed by atoms with van der Waals surface area (Å²) < 4.78 is 13.8. The van der Waals surface area contributed by atoms with Crippen LogP contribution in [0.1, 0.15) is 43.0 Å². The second-order valence-electron chi connectivity index (χ2n) is 6.03. The van der Waals surface area contributed by atoms with Crippen molar-refractivity contribution in [2.24, 2.45) is 5.41 Å². The van der Waals surface area contributed by atoms with E-state index in [9.17, 15) is 9.18 Å². The number of hydrogen-bond acceptors (Lipinski definition) is 1. The summed E-state index contributed by atoms with van der Waals surface area (Å²) in [6.45, 7) is 2.90. The minimum absolute atomic E-state index is 0.106. The van der Waals surface area contributed by atoms with Crippen molar-refractivity contribution >= 4 is 16.7 Å². The number of carbonyl (C=O) groups excluding carboxylic acids is 1. The van der Waals surface area contributed by atoms with E-state index in [1.807, 2.05) is 6.07 Å². The summed E-state index contributed by atoms with van der Waals surface area (Å²) in [5.41, 5.74) is 0.837. The Labute approximate surface area is 124 Å². The Kier molecular flexibility index (Phi) is 3.66. The van der Waals surface area contributed by atoms with E-state index in [0.717, 1.165) is 6.42 Å². The first-order valence-corrected chi connectivity index (χ1v) is 7.61. The van der Waals surface area contributed by atoms with Crippen molar-refractivity contribution < 1.29 is 9.18 Å². The average molecular weight is 285 g/mol. The predicted molar refractivity (Wildman–Crippen MR) is 82.8 cm³/mol. The lowest BCUT2D eigenvalue weighted by Gasteiger charge is -2.41. The van der Waals surface area contributed by atoms with Crippen LogP contribution in [0.25, 0.3) is 10.8 Å². The van der Waals surface area contributed by atoms with E-state index in [1.165, 1.54) is 25.3 Å². The predicted octanol–water partition coefficient (Wildman–Crippen LogP) is 4.29. The van der Waals surface area contributed by atoms with Gasteiger partial charge in [-0.25, -0.2) is 4.39 Å². The number of benzene rings is 2. The minimum Gasteiger partial charge on any atom is -0.351 e. The number of amides is 1. The Morgan fingerprint density at radius 3 is 2.52 bits per heavy atom. The first-order valence-electron chi connectivity index (χ1n) is 7.61. The van der Waals surface area contributed by atoms with Crippen molar-refractivity contribution in [2.45, 2.75) is 32.6 Å². The highest BCUT2D eigenvalue weighted by Crippen LogP contribution is 2.43. The van der Waals surface area contributed by atoms with E-state index in [-0.39, 0.29) is 17.1 Å². The highest BCUT2D eigenvalue weighted by molar-refractivity contribution is 6.07. The molecule has 110 valence electrons. The van der Waals surface area contributed by atoms with Gasteiger partial charge in [-0.05, 0) is 42.2 Å². The topological polar surface area (TPSA) is 29.1 Å². The fourth-order valence-electron chi connectivity index (χ4n) is 3.16. The third-order valence-electron chi connectivity index (χ3n) is 4.90. The van der Waals surface area contributed by atoms with Gasteiger partial charge in [-0.1, -0.05) is 37.6 Å². The summed E-state index contributed by atoms with van der Waals surface area (Å²) in [6, 6.07) is 10.1. The molecule has 2 aromatic rings. The first kappa shape index (κ1) is 14.1. The largest absolute Gasteiger partial charge is 0.351 e. The molecule has 2 nitrogen and oxygen atoms in total. The smallest absolute Gasteiger partial charge is 0.251 e. The number of hydrogen-bond donors (Lipinski definition) is 1. The van der Waals surface area contributed by atoms with E-state index in [1.54, 1.807) is 24.3 Å². The molecular formula is C18H20FNO. The summed E-state index contributed by atoms with van der Waals surface area (Å²) in [6.07, 6.45) is 4.72. The molecule has 21 heavy (non-hydrogen) atoms. The molecule has 3 rings (SSSR count). The maximum Gasteiger partial charge on any atom is 0.251 e. The molecule has 0 spiro atoms. The monoisotopic (exact) mass is 285 g/mol. The van der Waals surface area contributed by atoms with Crippen LogP contribution in [0, 0.1) is 11.2 Å². The van der Waals surface area contributed by atoms with Gasteiger partial charge in [0.2, 0.25) is 0 Å². The number of nitrogens with one attached hydrogen (secondary N) is 1. The van der Waals surface area contributed by atoms with Crippen molar-refractivity contribution in [3.05, 3.63) is 47.8 Å². The maximum absolute atomic E-state index is 13.8. The molecule has 1 amide bonds. The third kappa shape index (κ3) is 2.53. The summed E-state index contributed by atoms with van der Waals surface area (Å²) in [7, 11) is 0. The zero-order chi connectivity index (χ0) is 14.9. The quantitative estimate of drug-likeness (QED) is 0.892. The van der Waals surface area contributed by atoms with Crippen molar-refractivity contribution in [1.82, 2.24) is 5.32 Å². The molecule has 1 aliphatic carbocycles. The van der Waals surface area contributed by atoms with E-state index >= 15 is 0 Å². The number of fused-ring (bicyclic) bond motifs is 1. The molecule has 0 aliphatic heterocycles. The fraction of sp³-hybridized carbons (Fsp3) is 0.389. The van der Waals surface area contributed by atoms with Gasteiger partial charge in [-0.15, -0.1) is 0 Å². The molecule has 1 fully saturated rings. The molecule has 2 aromatic carbocycles. The molecular weight excluding hydrogens is 265 g/mol. The molecule has 0 aromatic heterocycles. The van der Waals surface area contributed by atoms with Gasteiger partial charge in [-0.2, -0.15) is 0 Å². The SMILES string of the molecule is CCC1(CNC(=O)c2ccc(F)c3ccccc23)CCC1. The zero-order valence-electron chi connectivity index (χ0n) is 12.3. The lowest BCUT2D eigenvalue weighted by atomic mass is 9.67. The van der Waals surface area contributed by atoms with E-state index in [4.69, 9.17) is 0 Å². The third-order valence-corrected chi connectivity index (χ3v) is 4.90. The molecule has 0 bridgehead atoms. The van der Waals surface area contributed by atoms with Crippen LogP contribution in [0.4, 0.5) is 4.39 Å². The second-order valence-corrected chi connectivity index (χ2v) is 6.03. The molecule has 1 aliphatic rings. The summed E-state index contributed by atoms with van der Waals surface area (Å²) in [5, 5.41) is 4.22. The van der Waals surface area contributed by atoms with E-state index < -0.39 is 0 Å². The summed E-state index contributed by atoms with van der Waals surface area (Å²) in [5.74, 6) is -0.392. The Morgan fingerprint density at radius 1 is 1.19 bits per heavy atom. The molecule has 0 atom stereocenters. The normalized spacial score (nSPS) is 16.5. The van der Waals surface area contributed by atoms with Crippen molar-refractivity contribution in [2.75, 3.05) is 6.54 Å². The average Bonchev–Trinajstić information content (AvgIpc) is 2.47. The highest BCUT2D eigenvalue weighted by Gasteiger charge is 2.35. The maximum atomic E-state index is 13.8. The van der Waals surface area contributed by atoms with Crippen LogP contribution in [0.3, 0.4) is 0 Å². The van der Waals surface area contributed by atoms with Gasteiger partial charge in [0.15, 0.2) is 0 Å². The van der Waals surface area contributed by atoms with Crippen LogP contribution in [0.15, 0.2) is 36.4 Å². The molecule has 1 saturated carbocycles. The Balaban J connectivity index is 1.83. The van der Waals surface area contributed by atoms with Gasteiger partial charge in [0.25, 0.3) is 5.91 Å². The van der Waals surface area contributed by atoms with Gasteiger partial charge in [0.1, 0.15) is 5.82 Å². The van der Waals surface area contributed by atoms with Gasteiger partial charge in [0, 0.05) is 17.5 Å². The van der Waals surface area contributed by atoms with Crippen LogP contribution >= 0.6 is 0 Å². The molecule has 3 heteroatoms.